The predicted octanol–water partition coefficient (Wildman–Crippen LogP) is 0.0966. The maximum atomic E-state index is 5.13. The molecule has 0 fully saturated rings. The molecule has 0 spiro atoms. The molecular formula is C6H13N3. The second-order valence-corrected chi connectivity index (χ2v) is 1.50. The highest BCUT2D eigenvalue weighted by Crippen LogP contribution is 1.72. The van der Waals surface area contributed by atoms with Crippen molar-refractivity contribution in [1.29, 1.82) is 0 Å². The second-order valence-electron chi connectivity index (χ2n) is 1.50. The number of nitrogens with two attached hydrogens (primary N) is 1. The van der Waals surface area contributed by atoms with E-state index in [2.05, 4.69) is 10.3 Å². The van der Waals surface area contributed by atoms with Crippen molar-refractivity contribution in [2.75, 3.05) is 13.6 Å². The Morgan fingerprint density at radius 3 is 2.78 bits per heavy atom. The number of rotatable bonds is 2. The summed E-state index contributed by atoms with van der Waals surface area (Å²) in [6, 6.07) is 0. The molecule has 3 N–H and O–H groups in total. The lowest BCUT2D eigenvalue weighted by atomic mass is 10.5. The van der Waals surface area contributed by atoms with E-state index in [0.717, 1.165) is 12.4 Å². The monoisotopic (exact) mass is 127 g/mol. The molecule has 52 valence electrons. The average Bonchev–Trinajstić information content (AvgIpc) is 1.88. The van der Waals surface area contributed by atoms with E-state index < -0.39 is 0 Å². The van der Waals surface area contributed by atoms with Crippen molar-refractivity contribution in [2.24, 2.45) is 10.7 Å². The van der Waals surface area contributed by atoms with Crippen molar-refractivity contribution in [3.05, 3.63) is 12.3 Å². The molecule has 0 unspecified atom stereocenters. The van der Waals surface area contributed by atoms with Crippen LogP contribution in [0.2, 0.25) is 0 Å². The van der Waals surface area contributed by atoms with Gasteiger partial charge in [-0.25, -0.2) is 0 Å². The zero-order chi connectivity index (χ0) is 7.11. The van der Waals surface area contributed by atoms with Gasteiger partial charge >= 0.3 is 0 Å². The molecular weight excluding hydrogens is 114 g/mol. The maximum Gasteiger partial charge on any atom is 0.121 e. The summed E-state index contributed by atoms with van der Waals surface area (Å²) in [4.78, 5) is 3.91. The van der Waals surface area contributed by atoms with E-state index in [4.69, 9.17) is 5.73 Å². The summed E-state index contributed by atoms with van der Waals surface area (Å²) in [5, 5.41) is 3.02. The molecule has 0 atom stereocenters. The van der Waals surface area contributed by atoms with Crippen molar-refractivity contribution < 1.29 is 0 Å². The van der Waals surface area contributed by atoms with E-state index >= 15 is 0 Å². The summed E-state index contributed by atoms with van der Waals surface area (Å²) in [6.45, 7) is 2.88. The normalized spacial score (nSPS) is 12.4. The van der Waals surface area contributed by atoms with E-state index in [-0.39, 0.29) is 0 Å². The van der Waals surface area contributed by atoms with Crippen LogP contribution in [-0.4, -0.2) is 19.4 Å². The van der Waals surface area contributed by atoms with Crippen LogP contribution in [0.25, 0.3) is 0 Å². The maximum absolute atomic E-state index is 5.13. The highest BCUT2D eigenvalue weighted by molar-refractivity contribution is 5.92. The fourth-order valence-corrected chi connectivity index (χ4v) is 0.485. The minimum atomic E-state index is 0.819. The number of nitrogens with one attached hydrogen (secondary N) is 1. The van der Waals surface area contributed by atoms with Crippen LogP contribution in [0.15, 0.2) is 17.3 Å². The highest BCUT2D eigenvalue weighted by Gasteiger charge is 1.83. The van der Waals surface area contributed by atoms with Crippen molar-refractivity contribution in [1.82, 2.24) is 5.32 Å². The molecule has 0 bridgehead atoms. The fourth-order valence-electron chi connectivity index (χ4n) is 0.485. The number of hydrogen-bond donors (Lipinski definition) is 2. The Labute approximate surface area is 55.7 Å². The van der Waals surface area contributed by atoms with Gasteiger partial charge < -0.3 is 11.1 Å². The van der Waals surface area contributed by atoms with Crippen LogP contribution in [-0.2, 0) is 0 Å². The lowest BCUT2D eigenvalue weighted by molar-refractivity contribution is 0.966. The molecule has 0 aliphatic rings. The first-order chi connectivity index (χ1) is 4.35. The molecule has 0 aromatic rings. The molecule has 9 heavy (non-hydrogen) atoms. The quantitative estimate of drug-likeness (QED) is 0.408. The van der Waals surface area contributed by atoms with E-state index in [1.165, 1.54) is 6.20 Å². The predicted molar refractivity (Wildman–Crippen MR) is 40.4 cm³/mol. The topological polar surface area (TPSA) is 50.4 Å². The van der Waals surface area contributed by atoms with Crippen LogP contribution in [0.4, 0.5) is 0 Å². The minimum absolute atomic E-state index is 0.819. The molecule has 0 rings (SSSR count). The van der Waals surface area contributed by atoms with Crippen LogP contribution in [0.3, 0.4) is 0 Å². The molecule has 0 aliphatic heterocycles. The first-order valence-electron chi connectivity index (χ1n) is 2.94. The number of likely N-dealkylation sites (N-methyl/N-ethyl adjacent to an activating group) is 1. The Hall–Kier alpha value is -0.990. The zero-order valence-corrected chi connectivity index (χ0v) is 5.89. The molecule has 0 saturated carbocycles. The van der Waals surface area contributed by atoms with Crippen molar-refractivity contribution in [3.8, 4) is 0 Å². The molecule has 0 aromatic heterocycles. The van der Waals surface area contributed by atoms with Crippen LogP contribution < -0.4 is 11.1 Å². The smallest absolute Gasteiger partial charge is 0.121 e. The van der Waals surface area contributed by atoms with E-state index in [1.54, 1.807) is 13.1 Å². The van der Waals surface area contributed by atoms with Gasteiger partial charge in [-0.2, -0.15) is 0 Å². The van der Waals surface area contributed by atoms with Gasteiger partial charge in [-0.15, -0.1) is 0 Å². The Bertz CT molecular complexity index is 115. The van der Waals surface area contributed by atoms with Crippen molar-refractivity contribution in [3.63, 3.8) is 0 Å². The van der Waals surface area contributed by atoms with Gasteiger partial charge in [0.25, 0.3) is 0 Å². The van der Waals surface area contributed by atoms with E-state index in [1.807, 2.05) is 6.92 Å². The van der Waals surface area contributed by atoms with Gasteiger partial charge in [0, 0.05) is 13.6 Å². The lowest BCUT2D eigenvalue weighted by Gasteiger charge is -1.98. The first-order valence-corrected chi connectivity index (χ1v) is 2.94. The standard InChI is InChI=1S/C6H13N3/c1-3-9-6(8-2)4-5-7/h4-5H,3,7H2,1-2H3,(H,8,9). The molecule has 0 aromatic carbocycles. The molecule has 3 nitrogen and oxygen atoms in total. The van der Waals surface area contributed by atoms with E-state index in [9.17, 15) is 0 Å². The summed E-state index contributed by atoms with van der Waals surface area (Å²) in [6.07, 6.45) is 3.19. The van der Waals surface area contributed by atoms with Gasteiger partial charge in [0.2, 0.25) is 0 Å². The highest BCUT2D eigenvalue weighted by atomic mass is 15.0. The number of aliphatic imine (C=N–C) groups is 1. The van der Waals surface area contributed by atoms with E-state index in [0.29, 0.717) is 0 Å². The van der Waals surface area contributed by atoms with Gasteiger partial charge in [-0.3, -0.25) is 4.99 Å². The zero-order valence-electron chi connectivity index (χ0n) is 5.89. The fraction of sp³-hybridized carbons (Fsp3) is 0.500. The molecule has 0 aliphatic carbocycles. The SMILES string of the molecule is CCNC(C=CN)=NC. The number of nitrogens with zero attached hydrogens (tertiary/aromatic N) is 1. The first kappa shape index (κ1) is 8.01. The lowest BCUT2D eigenvalue weighted by Crippen LogP contribution is -2.20. The molecule has 0 amide bonds. The summed E-state index contributed by atoms with van der Waals surface area (Å²) in [7, 11) is 1.72. The summed E-state index contributed by atoms with van der Waals surface area (Å²) in [5.41, 5.74) is 5.13. The second kappa shape index (κ2) is 5.15. The number of amidine groups is 1. The Balaban J connectivity index is 3.70. The third-order valence-electron chi connectivity index (χ3n) is 0.853. The van der Waals surface area contributed by atoms with Crippen LogP contribution in [0.5, 0.6) is 0 Å². The van der Waals surface area contributed by atoms with Gasteiger partial charge in [-0.05, 0) is 19.2 Å². The largest absolute Gasteiger partial charge is 0.404 e. The molecule has 3 heteroatoms. The Morgan fingerprint density at radius 2 is 2.44 bits per heavy atom. The summed E-state index contributed by atoms with van der Waals surface area (Å²) in [5.74, 6) is 0.819. The third-order valence-corrected chi connectivity index (χ3v) is 0.853. The molecule has 0 saturated heterocycles. The summed E-state index contributed by atoms with van der Waals surface area (Å²) < 4.78 is 0. The van der Waals surface area contributed by atoms with Crippen molar-refractivity contribution in [2.45, 2.75) is 6.92 Å². The summed E-state index contributed by atoms with van der Waals surface area (Å²) >= 11 is 0. The molecule has 0 radical (unpaired) electrons. The minimum Gasteiger partial charge on any atom is -0.404 e. The van der Waals surface area contributed by atoms with Gasteiger partial charge in [-0.1, -0.05) is 0 Å². The third kappa shape index (κ3) is 3.58. The average molecular weight is 127 g/mol. The van der Waals surface area contributed by atoms with Crippen LogP contribution >= 0.6 is 0 Å². The van der Waals surface area contributed by atoms with Crippen LogP contribution in [0, 0.1) is 0 Å². The van der Waals surface area contributed by atoms with Gasteiger partial charge in [0.1, 0.15) is 5.84 Å². The van der Waals surface area contributed by atoms with Crippen molar-refractivity contribution >= 4 is 5.84 Å². The Kier molecular flexibility index (Phi) is 4.59. The molecule has 0 heterocycles. The van der Waals surface area contributed by atoms with Crippen LogP contribution in [0.1, 0.15) is 6.92 Å². The van der Waals surface area contributed by atoms with Gasteiger partial charge in [0.15, 0.2) is 0 Å². The van der Waals surface area contributed by atoms with Gasteiger partial charge in [0.05, 0.1) is 0 Å². The Morgan fingerprint density at radius 1 is 1.78 bits per heavy atom. The number of hydrogen-bond acceptors (Lipinski definition) is 2.